The molecule has 1 heterocycles. The summed E-state index contributed by atoms with van der Waals surface area (Å²) in [7, 11) is 0. The Hall–Kier alpha value is -2.43. The summed E-state index contributed by atoms with van der Waals surface area (Å²) in [5.74, 6) is 0. The van der Waals surface area contributed by atoms with E-state index < -0.39 is 0 Å². The van der Waals surface area contributed by atoms with Crippen molar-refractivity contribution in [1.29, 1.82) is 0 Å². The number of benzene rings is 1. The van der Waals surface area contributed by atoms with Crippen LogP contribution in [0.4, 0.5) is 11.4 Å². The summed E-state index contributed by atoms with van der Waals surface area (Å²) in [6.07, 6.45) is 1.70. The summed E-state index contributed by atoms with van der Waals surface area (Å²) in [4.78, 5) is 14.8. The molecule has 0 aliphatic carbocycles. The molecule has 18 heavy (non-hydrogen) atoms. The van der Waals surface area contributed by atoms with Crippen molar-refractivity contribution in [3.8, 4) is 0 Å². The zero-order valence-electron chi connectivity index (χ0n) is 9.96. The fourth-order valence-corrected chi connectivity index (χ4v) is 1.73. The number of nitrogens with one attached hydrogen (secondary N) is 1. The standard InChI is InChI=1S/C13H13N3O2/c1-10-5-4-7-12(13(10)16(17)18)15-9-11-6-2-3-8-14-11/h2-8,15H,9H2,1H3. The Kier molecular flexibility index (Phi) is 3.52. The van der Waals surface area contributed by atoms with Crippen molar-refractivity contribution in [2.45, 2.75) is 13.5 Å². The highest BCUT2D eigenvalue weighted by Gasteiger charge is 2.16. The Morgan fingerprint density at radius 2 is 2.11 bits per heavy atom. The molecule has 1 N–H and O–H groups in total. The average molecular weight is 243 g/mol. The van der Waals surface area contributed by atoms with Crippen LogP contribution in [0.2, 0.25) is 0 Å². The van der Waals surface area contributed by atoms with Gasteiger partial charge < -0.3 is 5.32 Å². The van der Waals surface area contributed by atoms with Gasteiger partial charge in [-0.15, -0.1) is 0 Å². The van der Waals surface area contributed by atoms with Gasteiger partial charge in [0, 0.05) is 11.8 Å². The number of aromatic nitrogens is 1. The molecular formula is C13H13N3O2. The number of nitro groups is 1. The van der Waals surface area contributed by atoms with E-state index in [4.69, 9.17) is 0 Å². The van der Waals surface area contributed by atoms with Gasteiger partial charge in [-0.2, -0.15) is 0 Å². The Morgan fingerprint density at radius 3 is 2.78 bits per heavy atom. The third-order valence-electron chi connectivity index (χ3n) is 2.61. The molecule has 0 fully saturated rings. The van der Waals surface area contributed by atoms with Crippen LogP contribution in [0.15, 0.2) is 42.6 Å². The van der Waals surface area contributed by atoms with E-state index in [0.717, 1.165) is 5.69 Å². The van der Waals surface area contributed by atoms with E-state index in [1.807, 2.05) is 18.2 Å². The first-order valence-electron chi connectivity index (χ1n) is 5.56. The number of pyridine rings is 1. The van der Waals surface area contributed by atoms with Gasteiger partial charge in [0.1, 0.15) is 5.69 Å². The summed E-state index contributed by atoms with van der Waals surface area (Å²) >= 11 is 0. The topological polar surface area (TPSA) is 68.1 Å². The van der Waals surface area contributed by atoms with E-state index in [2.05, 4.69) is 10.3 Å². The summed E-state index contributed by atoms with van der Waals surface area (Å²) in [6, 6.07) is 10.8. The third-order valence-corrected chi connectivity index (χ3v) is 2.61. The van der Waals surface area contributed by atoms with Crippen LogP contribution in [0.1, 0.15) is 11.3 Å². The number of para-hydroxylation sites is 1. The molecule has 0 radical (unpaired) electrons. The second-order valence-electron chi connectivity index (χ2n) is 3.90. The molecule has 1 aromatic carbocycles. The van der Waals surface area contributed by atoms with Crippen LogP contribution < -0.4 is 5.32 Å². The van der Waals surface area contributed by atoms with Gasteiger partial charge in [-0.25, -0.2) is 0 Å². The fourth-order valence-electron chi connectivity index (χ4n) is 1.73. The van der Waals surface area contributed by atoms with Crippen LogP contribution in [-0.4, -0.2) is 9.91 Å². The fraction of sp³-hybridized carbons (Fsp3) is 0.154. The maximum absolute atomic E-state index is 11.0. The van der Waals surface area contributed by atoms with Crippen molar-refractivity contribution in [3.63, 3.8) is 0 Å². The van der Waals surface area contributed by atoms with Crippen LogP contribution >= 0.6 is 0 Å². The average Bonchev–Trinajstić information content (AvgIpc) is 2.37. The molecule has 5 heteroatoms. The van der Waals surface area contributed by atoms with Gasteiger partial charge in [0.05, 0.1) is 17.2 Å². The van der Waals surface area contributed by atoms with Gasteiger partial charge in [0.2, 0.25) is 0 Å². The van der Waals surface area contributed by atoms with Gasteiger partial charge >= 0.3 is 0 Å². The van der Waals surface area contributed by atoms with Crippen LogP contribution in [0.25, 0.3) is 0 Å². The number of anilines is 1. The molecule has 0 bridgehead atoms. The van der Waals surface area contributed by atoms with Crippen molar-refractivity contribution >= 4 is 11.4 Å². The van der Waals surface area contributed by atoms with E-state index in [0.29, 0.717) is 17.8 Å². The molecule has 2 aromatic rings. The molecule has 1 aromatic heterocycles. The number of nitro benzene ring substituents is 1. The lowest BCUT2D eigenvalue weighted by Gasteiger charge is -2.07. The molecule has 0 saturated carbocycles. The quantitative estimate of drug-likeness (QED) is 0.662. The van der Waals surface area contributed by atoms with Gasteiger partial charge in [-0.05, 0) is 25.1 Å². The Morgan fingerprint density at radius 1 is 1.28 bits per heavy atom. The maximum atomic E-state index is 11.0. The minimum absolute atomic E-state index is 0.119. The predicted molar refractivity (Wildman–Crippen MR) is 69.4 cm³/mol. The number of aryl methyl sites for hydroxylation is 1. The first-order valence-corrected chi connectivity index (χ1v) is 5.56. The summed E-state index contributed by atoms with van der Waals surface area (Å²) in [6.45, 7) is 2.19. The van der Waals surface area contributed by atoms with Crippen LogP contribution in [-0.2, 0) is 6.54 Å². The number of hydrogen-bond donors (Lipinski definition) is 1. The second-order valence-corrected chi connectivity index (χ2v) is 3.90. The van der Waals surface area contributed by atoms with Gasteiger partial charge in [0.25, 0.3) is 5.69 Å². The van der Waals surface area contributed by atoms with Crippen LogP contribution in [0.3, 0.4) is 0 Å². The zero-order chi connectivity index (χ0) is 13.0. The SMILES string of the molecule is Cc1cccc(NCc2ccccn2)c1[N+](=O)[O-]. The molecule has 5 nitrogen and oxygen atoms in total. The van der Waals surface area contributed by atoms with Crippen molar-refractivity contribution in [3.05, 3.63) is 64.0 Å². The summed E-state index contributed by atoms with van der Waals surface area (Å²) in [5, 5.41) is 14.1. The lowest BCUT2D eigenvalue weighted by atomic mass is 10.1. The lowest BCUT2D eigenvalue weighted by Crippen LogP contribution is -2.04. The van der Waals surface area contributed by atoms with Gasteiger partial charge in [-0.3, -0.25) is 15.1 Å². The molecule has 0 unspecified atom stereocenters. The summed E-state index contributed by atoms with van der Waals surface area (Å²) in [5.41, 5.74) is 2.12. The number of hydrogen-bond acceptors (Lipinski definition) is 4. The first kappa shape index (κ1) is 12.0. The van der Waals surface area contributed by atoms with Gasteiger partial charge in [-0.1, -0.05) is 18.2 Å². The molecule has 92 valence electrons. The highest BCUT2D eigenvalue weighted by molar-refractivity contribution is 5.64. The number of rotatable bonds is 4. The van der Waals surface area contributed by atoms with Gasteiger partial charge in [0.15, 0.2) is 0 Å². The molecule has 0 atom stereocenters. The van der Waals surface area contributed by atoms with Crippen molar-refractivity contribution in [1.82, 2.24) is 4.98 Å². The van der Waals surface area contributed by atoms with Crippen molar-refractivity contribution < 1.29 is 4.92 Å². The van der Waals surface area contributed by atoms with E-state index in [-0.39, 0.29) is 10.6 Å². The molecule has 0 amide bonds. The maximum Gasteiger partial charge on any atom is 0.295 e. The third kappa shape index (κ3) is 2.63. The smallest absolute Gasteiger partial charge is 0.295 e. The lowest BCUT2D eigenvalue weighted by molar-refractivity contribution is -0.384. The second kappa shape index (κ2) is 5.27. The van der Waals surface area contributed by atoms with E-state index in [9.17, 15) is 10.1 Å². The highest BCUT2D eigenvalue weighted by atomic mass is 16.6. The largest absolute Gasteiger partial charge is 0.374 e. The normalized spacial score (nSPS) is 10.1. The summed E-state index contributed by atoms with van der Waals surface area (Å²) < 4.78 is 0. The molecule has 0 spiro atoms. The van der Waals surface area contributed by atoms with Crippen molar-refractivity contribution in [2.24, 2.45) is 0 Å². The molecular weight excluding hydrogens is 230 g/mol. The molecule has 2 rings (SSSR count). The molecule has 0 aliphatic heterocycles. The molecule has 0 aliphatic rings. The van der Waals surface area contributed by atoms with Crippen LogP contribution in [0.5, 0.6) is 0 Å². The van der Waals surface area contributed by atoms with Crippen LogP contribution in [0, 0.1) is 17.0 Å². The van der Waals surface area contributed by atoms with E-state index in [1.54, 1.807) is 31.3 Å². The molecule has 0 saturated heterocycles. The Balaban J connectivity index is 2.20. The zero-order valence-corrected chi connectivity index (χ0v) is 9.96. The monoisotopic (exact) mass is 243 g/mol. The van der Waals surface area contributed by atoms with E-state index >= 15 is 0 Å². The van der Waals surface area contributed by atoms with E-state index in [1.165, 1.54) is 0 Å². The number of nitrogens with zero attached hydrogens (tertiary/aromatic N) is 2. The highest BCUT2D eigenvalue weighted by Crippen LogP contribution is 2.27. The predicted octanol–water partition coefficient (Wildman–Crippen LogP) is 2.91. The first-order chi connectivity index (χ1) is 8.68. The Bertz CT molecular complexity index is 555. The minimum atomic E-state index is -0.365. The minimum Gasteiger partial charge on any atom is -0.374 e. The van der Waals surface area contributed by atoms with Crippen molar-refractivity contribution in [2.75, 3.05) is 5.32 Å². The Labute approximate surface area is 105 Å².